The van der Waals surface area contributed by atoms with Crippen LogP contribution in [-0.2, 0) is 4.74 Å². The van der Waals surface area contributed by atoms with Gasteiger partial charge < -0.3 is 16.2 Å². The molecule has 0 spiro atoms. The zero-order chi connectivity index (χ0) is 9.40. The lowest BCUT2D eigenvalue weighted by Gasteiger charge is -2.15. The van der Waals surface area contributed by atoms with Gasteiger partial charge in [0.25, 0.3) is 0 Å². The molecule has 0 aliphatic carbocycles. The Bertz CT molecular complexity index is 149. The Morgan fingerprint density at radius 2 is 2.08 bits per heavy atom. The van der Waals surface area contributed by atoms with Gasteiger partial charge >= 0.3 is 0 Å². The largest absolute Gasteiger partial charge is 0.400 e. The Kier molecular flexibility index (Phi) is 6.81. The van der Waals surface area contributed by atoms with Crippen LogP contribution in [0.1, 0.15) is 28.1 Å². The van der Waals surface area contributed by atoms with E-state index in [-0.39, 0.29) is 1.43 Å². The second-order valence-corrected chi connectivity index (χ2v) is 2.84. The molecule has 74 valence electrons. The summed E-state index contributed by atoms with van der Waals surface area (Å²) in [4.78, 5) is 0. The summed E-state index contributed by atoms with van der Waals surface area (Å²) in [6, 6.07) is 0. The van der Waals surface area contributed by atoms with E-state index in [0.29, 0.717) is 13.2 Å². The highest BCUT2D eigenvalue weighted by atomic mass is 16.5. The van der Waals surface area contributed by atoms with E-state index in [1.165, 1.54) is 6.42 Å². The molecule has 0 aromatic carbocycles. The molecule has 12 heavy (non-hydrogen) atoms. The Balaban J connectivity index is 0. The van der Waals surface area contributed by atoms with Gasteiger partial charge in [-0.15, -0.1) is 0 Å². The molecule has 0 bridgehead atoms. The van der Waals surface area contributed by atoms with Crippen molar-refractivity contribution in [3.05, 3.63) is 11.3 Å². The molecule has 3 heteroatoms. The highest BCUT2D eigenvalue weighted by Crippen LogP contribution is 2.08. The van der Waals surface area contributed by atoms with E-state index in [9.17, 15) is 0 Å². The molecule has 4 N–H and O–H groups in total. The van der Waals surface area contributed by atoms with Gasteiger partial charge in [-0.25, -0.2) is 0 Å². The van der Waals surface area contributed by atoms with Gasteiger partial charge in [0.1, 0.15) is 0 Å². The maximum Gasteiger partial charge on any atom is 0.0860 e. The van der Waals surface area contributed by atoms with Gasteiger partial charge in [-0.05, 0) is 12.0 Å². The van der Waals surface area contributed by atoms with Gasteiger partial charge in [0, 0.05) is 13.7 Å². The molecule has 0 aromatic rings. The molecule has 0 atom stereocenters. The van der Waals surface area contributed by atoms with Crippen LogP contribution in [0.2, 0.25) is 0 Å². The molecule has 1 aliphatic heterocycles. The molecular formula is C9H22N2O. The summed E-state index contributed by atoms with van der Waals surface area (Å²) < 4.78 is 5.08. The number of ether oxygens (including phenoxy) is 1. The summed E-state index contributed by atoms with van der Waals surface area (Å²) in [5.74, 6) is 0. The second kappa shape index (κ2) is 7.13. The van der Waals surface area contributed by atoms with Crippen molar-refractivity contribution in [2.75, 3.05) is 19.8 Å². The van der Waals surface area contributed by atoms with Crippen molar-refractivity contribution < 1.29 is 6.16 Å². The monoisotopic (exact) mass is 174 g/mol. The van der Waals surface area contributed by atoms with E-state index in [1.807, 2.05) is 0 Å². The minimum Gasteiger partial charge on any atom is -0.400 e. The summed E-state index contributed by atoms with van der Waals surface area (Å²) in [6.45, 7) is 6.16. The maximum atomic E-state index is 5.56. The maximum absolute atomic E-state index is 5.56. The standard InChI is InChI=1S/C6H12N2O.C3H8.H2/c7-3-5-1-2-9-4-6(5)8;1-3-2;/h1-4,7-8H2;3H2,1-2H3;1H. The van der Waals surface area contributed by atoms with E-state index in [0.717, 1.165) is 24.3 Å². The fourth-order valence-electron chi connectivity index (χ4n) is 0.873. The van der Waals surface area contributed by atoms with Crippen molar-refractivity contribution in [1.29, 1.82) is 0 Å². The minimum absolute atomic E-state index is 0. The highest BCUT2D eigenvalue weighted by Gasteiger charge is 2.07. The molecule has 0 radical (unpaired) electrons. The van der Waals surface area contributed by atoms with Gasteiger partial charge in [-0.2, -0.15) is 0 Å². The summed E-state index contributed by atoms with van der Waals surface area (Å²) in [5.41, 5.74) is 12.9. The van der Waals surface area contributed by atoms with Crippen LogP contribution in [0.4, 0.5) is 0 Å². The first kappa shape index (κ1) is 11.5. The van der Waals surface area contributed by atoms with Crippen LogP contribution in [0.5, 0.6) is 0 Å². The number of rotatable bonds is 1. The van der Waals surface area contributed by atoms with Crippen LogP contribution in [-0.4, -0.2) is 19.8 Å². The van der Waals surface area contributed by atoms with Crippen LogP contribution in [0.3, 0.4) is 0 Å². The van der Waals surface area contributed by atoms with E-state index in [1.54, 1.807) is 0 Å². The Hall–Kier alpha value is -0.540. The van der Waals surface area contributed by atoms with Gasteiger partial charge in [0.05, 0.1) is 13.2 Å². The smallest absolute Gasteiger partial charge is 0.0860 e. The van der Waals surface area contributed by atoms with Crippen LogP contribution in [0, 0.1) is 0 Å². The normalized spacial score (nSPS) is 16.9. The number of nitrogens with two attached hydrogens (primary N) is 2. The molecule has 0 unspecified atom stereocenters. The van der Waals surface area contributed by atoms with Gasteiger partial charge in [0.2, 0.25) is 0 Å². The third kappa shape index (κ3) is 4.36. The van der Waals surface area contributed by atoms with Gasteiger partial charge in [0.15, 0.2) is 0 Å². The topological polar surface area (TPSA) is 61.3 Å². The van der Waals surface area contributed by atoms with Crippen LogP contribution in [0.25, 0.3) is 0 Å². The first-order valence-electron chi connectivity index (χ1n) is 4.50. The molecule has 0 aromatic heterocycles. The molecule has 1 rings (SSSR count). The predicted octanol–water partition coefficient (Wildman–Crippen LogP) is 1.24. The van der Waals surface area contributed by atoms with Crippen molar-refractivity contribution in [1.82, 2.24) is 0 Å². The third-order valence-corrected chi connectivity index (χ3v) is 1.51. The quantitative estimate of drug-likeness (QED) is 0.628. The Morgan fingerprint density at radius 3 is 2.42 bits per heavy atom. The SMILES string of the molecule is CCC.NCC1=C(N)COCC1.[HH]. The Morgan fingerprint density at radius 1 is 1.50 bits per heavy atom. The van der Waals surface area contributed by atoms with Crippen molar-refractivity contribution in [2.24, 2.45) is 11.5 Å². The van der Waals surface area contributed by atoms with Crippen LogP contribution < -0.4 is 11.5 Å². The second-order valence-electron chi connectivity index (χ2n) is 2.84. The first-order chi connectivity index (χ1) is 5.76. The molecular weight excluding hydrogens is 152 g/mol. The average Bonchev–Trinajstić information content (AvgIpc) is 2.07. The molecule has 0 saturated carbocycles. The van der Waals surface area contributed by atoms with E-state index < -0.39 is 0 Å². The van der Waals surface area contributed by atoms with Crippen LogP contribution in [0.15, 0.2) is 11.3 Å². The van der Waals surface area contributed by atoms with E-state index in [2.05, 4.69) is 13.8 Å². The zero-order valence-corrected chi connectivity index (χ0v) is 8.10. The lowest BCUT2D eigenvalue weighted by Crippen LogP contribution is -2.21. The summed E-state index contributed by atoms with van der Waals surface area (Å²) in [5, 5.41) is 0. The summed E-state index contributed by atoms with van der Waals surface area (Å²) in [6.07, 6.45) is 2.16. The fraction of sp³-hybridized carbons (Fsp3) is 0.778. The molecule has 1 aliphatic rings. The van der Waals surface area contributed by atoms with E-state index in [4.69, 9.17) is 16.2 Å². The molecule has 0 amide bonds. The molecule has 0 fully saturated rings. The van der Waals surface area contributed by atoms with Gasteiger partial charge in [-0.3, -0.25) is 0 Å². The molecule has 3 nitrogen and oxygen atoms in total. The fourth-order valence-corrected chi connectivity index (χ4v) is 0.873. The lowest BCUT2D eigenvalue weighted by atomic mass is 10.1. The van der Waals surface area contributed by atoms with Gasteiger partial charge in [-0.1, -0.05) is 20.3 Å². The van der Waals surface area contributed by atoms with Crippen molar-refractivity contribution >= 4 is 0 Å². The molecule has 0 saturated heterocycles. The van der Waals surface area contributed by atoms with Crippen LogP contribution >= 0.6 is 0 Å². The average molecular weight is 174 g/mol. The first-order valence-corrected chi connectivity index (χ1v) is 4.50. The Labute approximate surface area is 76.2 Å². The van der Waals surface area contributed by atoms with Crippen molar-refractivity contribution in [2.45, 2.75) is 26.7 Å². The predicted molar refractivity (Wildman–Crippen MR) is 53.8 cm³/mol. The minimum atomic E-state index is 0. The highest BCUT2D eigenvalue weighted by molar-refractivity contribution is 5.14. The van der Waals surface area contributed by atoms with Crippen molar-refractivity contribution in [3.8, 4) is 0 Å². The number of hydrogen-bond donors (Lipinski definition) is 2. The lowest BCUT2D eigenvalue weighted by molar-refractivity contribution is 0.145. The number of hydrogen-bond acceptors (Lipinski definition) is 3. The third-order valence-electron chi connectivity index (χ3n) is 1.51. The summed E-state index contributed by atoms with van der Waals surface area (Å²) in [7, 11) is 0. The zero-order valence-electron chi connectivity index (χ0n) is 8.10. The van der Waals surface area contributed by atoms with Crippen molar-refractivity contribution in [3.63, 3.8) is 0 Å². The summed E-state index contributed by atoms with van der Waals surface area (Å²) >= 11 is 0. The molecule has 1 heterocycles. The van der Waals surface area contributed by atoms with E-state index >= 15 is 0 Å².